The summed E-state index contributed by atoms with van der Waals surface area (Å²) in [7, 11) is 1.64. The van der Waals surface area contributed by atoms with Crippen molar-refractivity contribution in [2.24, 2.45) is 0 Å². The first-order chi connectivity index (χ1) is 7.67. The van der Waals surface area contributed by atoms with Gasteiger partial charge in [0.1, 0.15) is 5.75 Å². The van der Waals surface area contributed by atoms with Gasteiger partial charge in [-0.05, 0) is 37.5 Å². The normalized spacial score (nSPS) is 12.2. The molecule has 0 amide bonds. The predicted molar refractivity (Wildman–Crippen MR) is 73.5 cm³/mol. The molecule has 16 heavy (non-hydrogen) atoms. The number of nitrogens with two attached hydrogens (primary N) is 1. The molecule has 0 aliphatic heterocycles. The fourth-order valence-corrected chi connectivity index (χ4v) is 2.02. The van der Waals surface area contributed by atoms with Crippen LogP contribution < -0.4 is 15.8 Å². The van der Waals surface area contributed by atoms with E-state index >= 15 is 0 Å². The third kappa shape index (κ3) is 3.85. The molecule has 4 heteroatoms. The molecule has 0 aliphatic rings. The standard InChI is InChI=1S/C12H20N2OS/c1-9(6-7-16-3)14-12-5-4-10(15-2)8-11(12)13/h4-5,8-9,14H,6-7,13H2,1-3H3. The van der Waals surface area contributed by atoms with Crippen molar-refractivity contribution >= 4 is 23.1 Å². The minimum Gasteiger partial charge on any atom is -0.497 e. The molecular formula is C12H20N2OS. The lowest BCUT2D eigenvalue weighted by Gasteiger charge is -2.16. The summed E-state index contributed by atoms with van der Waals surface area (Å²) in [6.45, 7) is 2.17. The Morgan fingerprint density at radius 3 is 2.81 bits per heavy atom. The lowest BCUT2D eigenvalue weighted by atomic mass is 10.2. The van der Waals surface area contributed by atoms with Crippen molar-refractivity contribution in [3.8, 4) is 5.75 Å². The van der Waals surface area contributed by atoms with Gasteiger partial charge in [-0.3, -0.25) is 0 Å². The Hall–Kier alpha value is -1.03. The highest BCUT2D eigenvalue weighted by atomic mass is 32.2. The number of ether oxygens (including phenoxy) is 1. The molecule has 90 valence electrons. The van der Waals surface area contributed by atoms with Gasteiger partial charge in [-0.1, -0.05) is 0 Å². The maximum atomic E-state index is 5.93. The van der Waals surface area contributed by atoms with Crippen LogP contribution in [0.1, 0.15) is 13.3 Å². The second kappa shape index (κ2) is 6.53. The van der Waals surface area contributed by atoms with E-state index in [1.807, 2.05) is 30.0 Å². The SMILES string of the molecule is COc1ccc(NC(C)CCSC)c(N)c1. The number of methoxy groups -OCH3 is 1. The maximum Gasteiger partial charge on any atom is 0.121 e. The molecule has 1 rings (SSSR count). The summed E-state index contributed by atoms with van der Waals surface area (Å²) in [6.07, 6.45) is 3.25. The van der Waals surface area contributed by atoms with E-state index in [4.69, 9.17) is 10.5 Å². The van der Waals surface area contributed by atoms with Crippen LogP contribution in [0.4, 0.5) is 11.4 Å². The van der Waals surface area contributed by atoms with Crippen LogP contribution in [0.25, 0.3) is 0 Å². The quantitative estimate of drug-likeness (QED) is 0.751. The number of nitrogens with one attached hydrogen (secondary N) is 1. The molecule has 1 aromatic rings. The highest BCUT2D eigenvalue weighted by Gasteiger charge is 2.05. The van der Waals surface area contributed by atoms with Gasteiger partial charge in [-0.2, -0.15) is 11.8 Å². The van der Waals surface area contributed by atoms with E-state index in [2.05, 4.69) is 18.5 Å². The van der Waals surface area contributed by atoms with E-state index in [1.165, 1.54) is 0 Å². The van der Waals surface area contributed by atoms with Crippen LogP contribution in [-0.2, 0) is 0 Å². The Labute approximate surface area is 102 Å². The molecule has 3 nitrogen and oxygen atoms in total. The Morgan fingerprint density at radius 1 is 1.50 bits per heavy atom. The van der Waals surface area contributed by atoms with Gasteiger partial charge in [0.05, 0.1) is 18.5 Å². The second-order valence-electron chi connectivity index (χ2n) is 3.78. The fourth-order valence-electron chi connectivity index (χ4n) is 1.43. The Morgan fingerprint density at radius 2 is 2.25 bits per heavy atom. The van der Waals surface area contributed by atoms with Gasteiger partial charge in [-0.15, -0.1) is 0 Å². The van der Waals surface area contributed by atoms with E-state index in [-0.39, 0.29) is 0 Å². The summed E-state index contributed by atoms with van der Waals surface area (Å²) < 4.78 is 5.11. The molecule has 0 spiro atoms. The molecular weight excluding hydrogens is 220 g/mol. The van der Waals surface area contributed by atoms with Crippen molar-refractivity contribution in [3.05, 3.63) is 18.2 Å². The third-order valence-electron chi connectivity index (χ3n) is 2.42. The molecule has 0 saturated heterocycles. The van der Waals surface area contributed by atoms with Crippen LogP contribution in [-0.4, -0.2) is 25.2 Å². The first-order valence-electron chi connectivity index (χ1n) is 5.36. The number of anilines is 2. The molecule has 1 aromatic carbocycles. The largest absolute Gasteiger partial charge is 0.497 e. The minimum absolute atomic E-state index is 0.433. The highest BCUT2D eigenvalue weighted by molar-refractivity contribution is 7.98. The van der Waals surface area contributed by atoms with Gasteiger partial charge >= 0.3 is 0 Å². The van der Waals surface area contributed by atoms with E-state index in [0.29, 0.717) is 6.04 Å². The van der Waals surface area contributed by atoms with Crippen LogP contribution in [0, 0.1) is 0 Å². The van der Waals surface area contributed by atoms with Gasteiger partial charge in [0.15, 0.2) is 0 Å². The molecule has 0 radical (unpaired) electrons. The summed E-state index contributed by atoms with van der Waals surface area (Å²) in [6, 6.07) is 6.15. The second-order valence-corrected chi connectivity index (χ2v) is 4.77. The molecule has 0 aliphatic carbocycles. The molecule has 0 heterocycles. The average Bonchev–Trinajstić information content (AvgIpc) is 2.29. The van der Waals surface area contributed by atoms with Crippen molar-refractivity contribution < 1.29 is 4.74 Å². The lowest BCUT2D eigenvalue weighted by Crippen LogP contribution is -2.16. The van der Waals surface area contributed by atoms with Crippen LogP contribution in [0.15, 0.2) is 18.2 Å². The van der Waals surface area contributed by atoms with Crippen LogP contribution in [0.2, 0.25) is 0 Å². The summed E-state index contributed by atoms with van der Waals surface area (Å²) in [4.78, 5) is 0. The zero-order chi connectivity index (χ0) is 12.0. The molecule has 0 fully saturated rings. The lowest BCUT2D eigenvalue weighted by molar-refractivity contribution is 0.415. The fraction of sp³-hybridized carbons (Fsp3) is 0.500. The molecule has 1 unspecified atom stereocenters. The number of thioether (sulfide) groups is 1. The zero-order valence-electron chi connectivity index (χ0n) is 10.1. The summed E-state index contributed by atoms with van der Waals surface area (Å²) in [5, 5.41) is 3.40. The van der Waals surface area contributed by atoms with Crippen molar-refractivity contribution in [2.75, 3.05) is 30.2 Å². The monoisotopic (exact) mass is 240 g/mol. The van der Waals surface area contributed by atoms with Crippen molar-refractivity contribution in [1.82, 2.24) is 0 Å². The Kier molecular flexibility index (Phi) is 5.32. The van der Waals surface area contributed by atoms with Gasteiger partial charge in [0.2, 0.25) is 0 Å². The molecule has 0 bridgehead atoms. The molecule has 1 atom stereocenters. The zero-order valence-corrected chi connectivity index (χ0v) is 10.9. The summed E-state index contributed by atoms with van der Waals surface area (Å²) >= 11 is 1.86. The van der Waals surface area contributed by atoms with E-state index in [1.54, 1.807) is 7.11 Å². The first-order valence-corrected chi connectivity index (χ1v) is 6.75. The van der Waals surface area contributed by atoms with E-state index in [9.17, 15) is 0 Å². The van der Waals surface area contributed by atoms with E-state index in [0.717, 1.165) is 29.3 Å². The Bertz CT molecular complexity index is 331. The third-order valence-corrected chi connectivity index (χ3v) is 3.06. The van der Waals surface area contributed by atoms with Crippen molar-refractivity contribution in [1.29, 1.82) is 0 Å². The van der Waals surface area contributed by atoms with Crippen molar-refractivity contribution in [2.45, 2.75) is 19.4 Å². The number of hydrogen-bond acceptors (Lipinski definition) is 4. The van der Waals surface area contributed by atoms with Gasteiger partial charge in [0, 0.05) is 12.1 Å². The number of nitrogen functional groups attached to an aromatic ring is 1. The van der Waals surface area contributed by atoms with Gasteiger partial charge < -0.3 is 15.8 Å². The highest BCUT2D eigenvalue weighted by Crippen LogP contribution is 2.25. The van der Waals surface area contributed by atoms with Gasteiger partial charge in [-0.25, -0.2) is 0 Å². The maximum absolute atomic E-state index is 5.93. The molecule has 0 saturated carbocycles. The van der Waals surface area contributed by atoms with Crippen LogP contribution >= 0.6 is 11.8 Å². The average molecular weight is 240 g/mol. The van der Waals surface area contributed by atoms with E-state index < -0.39 is 0 Å². The van der Waals surface area contributed by atoms with Crippen LogP contribution in [0.3, 0.4) is 0 Å². The minimum atomic E-state index is 0.433. The Balaban J connectivity index is 2.59. The topological polar surface area (TPSA) is 47.3 Å². The molecule has 0 aromatic heterocycles. The van der Waals surface area contributed by atoms with Gasteiger partial charge in [0.25, 0.3) is 0 Å². The first kappa shape index (κ1) is 13.0. The van der Waals surface area contributed by atoms with Crippen LogP contribution in [0.5, 0.6) is 5.75 Å². The smallest absolute Gasteiger partial charge is 0.121 e. The number of hydrogen-bond donors (Lipinski definition) is 2. The summed E-state index contributed by atoms with van der Waals surface area (Å²) in [5.74, 6) is 1.95. The van der Waals surface area contributed by atoms with Crippen molar-refractivity contribution in [3.63, 3.8) is 0 Å². The number of benzene rings is 1. The molecule has 3 N–H and O–H groups in total. The predicted octanol–water partition coefficient (Wildman–Crippen LogP) is 2.83. The summed E-state index contributed by atoms with van der Waals surface area (Å²) in [5.41, 5.74) is 7.64. The number of rotatable bonds is 6.